The molecule has 0 atom stereocenters. The summed E-state index contributed by atoms with van der Waals surface area (Å²) in [6.45, 7) is 0. The smallest absolute Gasteiger partial charge is 0.269 e. The molecule has 25 heavy (non-hydrogen) atoms. The molecule has 0 aliphatic heterocycles. The van der Waals surface area contributed by atoms with Crippen molar-refractivity contribution in [1.82, 2.24) is 15.8 Å². The Morgan fingerprint density at radius 3 is 2.56 bits per heavy atom. The number of nitrogens with zero attached hydrogens (tertiary/aromatic N) is 1. The number of amides is 2. The molecule has 2 N–H and O–H groups in total. The first-order chi connectivity index (χ1) is 12.2. The van der Waals surface area contributed by atoms with E-state index in [4.69, 9.17) is 4.42 Å². The zero-order chi connectivity index (χ0) is 17.6. The number of nitrogens with one attached hydrogen (secondary N) is 2. The van der Waals surface area contributed by atoms with Crippen LogP contribution in [0.2, 0.25) is 0 Å². The molecule has 0 aliphatic rings. The number of carbonyl (C=O) groups excluding carboxylic acids is 2. The first-order valence-electron chi connectivity index (χ1n) is 7.37. The van der Waals surface area contributed by atoms with Crippen molar-refractivity contribution in [3.8, 4) is 0 Å². The van der Waals surface area contributed by atoms with Crippen LogP contribution in [0.3, 0.4) is 0 Å². The van der Waals surface area contributed by atoms with Crippen molar-refractivity contribution in [2.75, 3.05) is 12.0 Å². The van der Waals surface area contributed by atoms with E-state index < -0.39 is 0 Å². The topological polar surface area (TPSA) is 84.2 Å². The predicted octanol–water partition coefficient (Wildman–Crippen LogP) is 3.10. The van der Waals surface area contributed by atoms with Crippen molar-refractivity contribution in [2.45, 2.75) is 10.1 Å². The fourth-order valence-electron chi connectivity index (χ4n) is 2.02. The van der Waals surface area contributed by atoms with Crippen molar-refractivity contribution in [2.24, 2.45) is 0 Å². The van der Waals surface area contributed by atoms with Gasteiger partial charge in [0, 0.05) is 10.5 Å². The maximum absolute atomic E-state index is 12.0. The molecule has 0 saturated heterocycles. The Morgan fingerprint density at radius 1 is 1.08 bits per heavy atom. The number of benzene rings is 2. The highest BCUT2D eigenvalue weighted by Crippen LogP contribution is 2.22. The number of fused-ring (bicyclic) bond motifs is 1. The van der Waals surface area contributed by atoms with Gasteiger partial charge in [-0.15, -0.1) is 11.8 Å². The molecule has 2 amide bonds. The monoisotopic (exact) mass is 373 g/mol. The Hall–Kier alpha value is -2.45. The molecule has 0 spiro atoms. The maximum Gasteiger partial charge on any atom is 0.269 e. The number of carbonyl (C=O) groups is 2. The van der Waals surface area contributed by atoms with Crippen LogP contribution in [0.1, 0.15) is 10.4 Å². The Labute approximate surface area is 152 Å². The van der Waals surface area contributed by atoms with E-state index >= 15 is 0 Å². The molecular formula is C17H15N3O3S2. The van der Waals surface area contributed by atoms with Gasteiger partial charge in [0.25, 0.3) is 11.1 Å². The van der Waals surface area contributed by atoms with E-state index in [0.717, 1.165) is 22.2 Å². The predicted molar refractivity (Wildman–Crippen MR) is 98.6 cm³/mol. The average molecular weight is 373 g/mol. The van der Waals surface area contributed by atoms with Crippen LogP contribution in [-0.4, -0.2) is 28.8 Å². The third kappa shape index (κ3) is 4.55. The van der Waals surface area contributed by atoms with Crippen LogP contribution < -0.4 is 10.9 Å². The van der Waals surface area contributed by atoms with Gasteiger partial charge in [0.05, 0.1) is 5.75 Å². The molecule has 6 nitrogen and oxygen atoms in total. The highest BCUT2D eigenvalue weighted by Gasteiger charge is 2.10. The highest BCUT2D eigenvalue weighted by atomic mass is 32.2. The third-order valence-corrected chi connectivity index (χ3v) is 4.84. The summed E-state index contributed by atoms with van der Waals surface area (Å²) >= 11 is 2.76. The zero-order valence-corrected chi connectivity index (χ0v) is 14.9. The molecule has 0 saturated carbocycles. The quantitative estimate of drug-likeness (QED) is 0.528. The van der Waals surface area contributed by atoms with E-state index in [2.05, 4.69) is 15.8 Å². The molecular weight excluding hydrogens is 358 g/mol. The molecule has 3 aromatic rings. The first-order valence-corrected chi connectivity index (χ1v) is 9.58. The Bertz CT molecular complexity index is 861. The Morgan fingerprint density at radius 2 is 1.84 bits per heavy atom. The normalized spacial score (nSPS) is 10.6. The van der Waals surface area contributed by atoms with Crippen molar-refractivity contribution >= 4 is 46.4 Å². The van der Waals surface area contributed by atoms with E-state index in [0.29, 0.717) is 16.4 Å². The molecule has 0 radical (unpaired) electrons. The SMILES string of the molecule is CSc1ccc(C(=O)NNC(=O)CSc2nc3ccccc3o2)cc1. The second kappa shape index (κ2) is 8.09. The molecule has 0 fully saturated rings. The molecule has 8 heteroatoms. The van der Waals surface area contributed by atoms with Crippen molar-refractivity contribution < 1.29 is 14.0 Å². The van der Waals surface area contributed by atoms with E-state index in [9.17, 15) is 9.59 Å². The summed E-state index contributed by atoms with van der Waals surface area (Å²) in [4.78, 5) is 29.2. The van der Waals surface area contributed by atoms with Crippen molar-refractivity contribution in [3.63, 3.8) is 0 Å². The van der Waals surface area contributed by atoms with E-state index in [-0.39, 0.29) is 17.6 Å². The summed E-state index contributed by atoms with van der Waals surface area (Å²) in [7, 11) is 0. The van der Waals surface area contributed by atoms with E-state index in [1.54, 1.807) is 23.9 Å². The summed E-state index contributed by atoms with van der Waals surface area (Å²) in [6.07, 6.45) is 1.96. The fraction of sp³-hybridized carbons (Fsp3) is 0.118. The summed E-state index contributed by atoms with van der Waals surface area (Å²) in [5.41, 5.74) is 6.66. The molecule has 0 aliphatic carbocycles. The number of hydrazine groups is 1. The lowest BCUT2D eigenvalue weighted by Gasteiger charge is -2.07. The maximum atomic E-state index is 12.0. The molecule has 0 unspecified atom stereocenters. The van der Waals surface area contributed by atoms with Crippen LogP contribution in [0.4, 0.5) is 0 Å². The third-order valence-electron chi connectivity index (χ3n) is 3.27. The molecule has 128 valence electrons. The average Bonchev–Trinajstić information content (AvgIpc) is 3.07. The van der Waals surface area contributed by atoms with Gasteiger partial charge < -0.3 is 4.42 Å². The largest absolute Gasteiger partial charge is 0.431 e. The first kappa shape index (κ1) is 17.4. The summed E-state index contributed by atoms with van der Waals surface area (Å²) < 4.78 is 5.52. The number of rotatable bonds is 5. The van der Waals surface area contributed by atoms with Gasteiger partial charge in [-0.2, -0.15) is 0 Å². The van der Waals surface area contributed by atoms with E-state index in [1.807, 2.05) is 42.7 Å². The van der Waals surface area contributed by atoms with Crippen molar-refractivity contribution in [1.29, 1.82) is 0 Å². The van der Waals surface area contributed by atoms with Crippen molar-refractivity contribution in [3.05, 3.63) is 54.1 Å². The lowest BCUT2D eigenvalue weighted by Crippen LogP contribution is -2.42. The zero-order valence-electron chi connectivity index (χ0n) is 13.3. The lowest BCUT2D eigenvalue weighted by atomic mass is 10.2. The van der Waals surface area contributed by atoms with Crippen LogP contribution in [0.5, 0.6) is 0 Å². The molecule has 0 bridgehead atoms. The standard InChI is InChI=1S/C17H15N3O3S2/c1-24-12-8-6-11(7-9-12)16(22)20-19-15(21)10-25-17-18-13-4-2-3-5-14(13)23-17/h2-9H,10H2,1H3,(H,19,21)(H,20,22). The lowest BCUT2D eigenvalue weighted by molar-refractivity contribution is -0.119. The van der Waals surface area contributed by atoms with E-state index in [1.165, 1.54) is 0 Å². The summed E-state index contributed by atoms with van der Waals surface area (Å²) in [6, 6.07) is 14.5. The number of para-hydroxylation sites is 2. The fourth-order valence-corrected chi connectivity index (χ4v) is 3.06. The van der Waals surface area contributed by atoms with Crippen LogP contribution in [0.25, 0.3) is 11.1 Å². The molecule has 1 heterocycles. The van der Waals surface area contributed by atoms with Gasteiger partial charge in [-0.05, 0) is 42.7 Å². The van der Waals surface area contributed by atoms with Crippen LogP contribution in [0, 0.1) is 0 Å². The highest BCUT2D eigenvalue weighted by molar-refractivity contribution is 7.99. The second-order valence-electron chi connectivity index (χ2n) is 4.97. The number of oxazole rings is 1. The van der Waals surface area contributed by atoms with Gasteiger partial charge in [-0.1, -0.05) is 23.9 Å². The van der Waals surface area contributed by atoms with Gasteiger partial charge in [0.15, 0.2) is 5.58 Å². The van der Waals surface area contributed by atoms with Crippen LogP contribution >= 0.6 is 23.5 Å². The number of hydrogen-bond acceptors (Lipinski definition) is 6. The van der Waals surface area contributed by atoms with Crippen LogP contribution in [-0.2, 0) is 4.79 Å². The van der Waals surface area contributed by atoms with Gasteiger partial charge in [-0.25, -0.2) is 4.98 Å². The van der Waals surface area contributed by atoms with Gasteiger partial charge in [0.2, 0.25) is 5.91 Å². The minimum absolute atomic E-state index is 0.0819. The number of hydrogen-bond donors (Lipinski definition) is 2. The Balaban J connectivity index is 1.47. The minimum Gasteiger partial charge on any atom is -0.431 e. The van der Waals surface area contributed by atoms with Gasteiger partial charge in [0.1, 0.15) is 5.52 Å². The summed E-state index contributed by atoms with van der Waals surface area (Å²) in [5.74, 6) is -0.632. The molecule has 3 rings (SSSR count). The van der Waals surface area contributed by atoms with Gasteiger partial charge >= 0.3 is 0 Å². The minimum atomic E-state index is -0.368. The number of thioether (sulfide) groups is 2. The number of aromatic nitrogens is 1. The molecule has 1 aromatic heterocycles. The second-order valence-corrected chi connectivity index (χ2v) is 6.77. The Kier molecular flexibility index (Phi) is 5.62. The van der Waals surface area contributed by atoms with Gasteiger partial charge in [-0.3, -0.25) is 20.4 Å². The summed E-state index contributed by atoms with van der Waals surface area (Å²) in [5, 5.41) is 0.412. The van der Waals surface area contributed by atoms with Crippen LogP contribution in [0.15, 0.2) is 63.1 Å². The molecule has 2 aromatic carbocycles.